The molecular formula is C20H30N2OS. The van der Waals surface area contributed by atoms with E-state index in [1.54, 1.807) is 0 Å². The van der Waals surface area contributed by atoms with Crippen LogP contribution < -0.4 is 4.90 Å². The van der Waals surface area contributed by atoms with Crippen molar-refractivity contribution in [2.24, 2.45) is 0 Å². The molecule has 3 rings (SSSR count). The number of carbonyl (C=O) groups excluding carboxylic acids is 1. The second-order valence-corrected chi connectivity index (χ2v) is 8.91. The third kappa shape index (κ3) is 3.97. The van der Waals surface area contributed by atoms with Crippen LogP contribution in [-0.4, -0.2) is 41.2 Å². The number of para-hydroxylation sites is 1. The molecule has 0 spiro atoms. The van der Waals surface area contributed by atoms with Crippen molar-refractivity contribution >= 4 is 23.4 Å². The maximum absolute atomic E-state index is 13.2. The van der Waals surface area contributed by atoms with Gasteiger partial charge in [-0.2, -0.15) is 0 Å². The van der Waals surface area contributed by atoms with Crippen molar-refractivity contribution in [1.29, 1.82) is 0 Å². The highest BCUT2D eigenvalue weighted by Gasteiger charge is 2.30. The van der Waals surface area contributed by atoms with E-state index in [1.165, 1.54) is 30.6 Å². The molecule has 1 amide bonds. The SMILES string of the molecule is CC1CCN(C(=O)CN(C(C)C)C2CCCC2)c2ccccc2S1. The van der Waals surface area contributed by atoms with Gasteiger partial charge < -0.3 is 4.90 Å². The maximum atomic E-state index is 13.2. The molecule has 1 aromatic carbocycles. The minimum absolute atomic E-state index is 0.262. The fraction of sp³-hybridized carbons (Fsp3) is 0.650. The lowest BCUT2D eigenvalue weighted by atomic mass is 10.1. The highest BCUT2D eigenvalue weighted by Crippen LogP contribution is 2.37. The first-order valence-electron chi connectivity index (χ1n) is 9.38. The maximum Gasteiger partial charge on any atom is 0.241 e. The Hall–Kier alpha value is -1.00. The van der Waals surface area contributed by atoms with Crippen LogP contribution >= 0.6 is 11.8 Å². The molecule has 1 aromatic rings. The first-order chi connectivity index (χ1) is 11.6. The van der Waals surface area contributed by atoms with Crippen molar-refractivity contribution in [2.75, 3.05) is 18.0 Å². The molecule has 3 nitrogen and oxygen atoms in total. The molecule has 0 radical (unpaired) electrons. The van der Waals surface area contributed by atoms with Gasteiger partial charge in [0.2, 0.25) is 5.91 Å². The number of fused-ring (bicyclic) bond motifs is 1. The van der Waals surface area contributed by atoms with Crippen LogP contribution in [0.4, 0.5) is 5.69 Å². The molecule has 0 N–H and O–H groups in total. The Morgan fingerprint density at radius 2 is 1.96 bits per heavy atom. The van der Waals surface area contributed by atoms with Gasteiger partial charge in [0, 0.05) is 28.8 Å². The van der Waals surface area contributed by atoms with Crippen LogP contribution in [0.15, 0.2) is 29.2 Å². The fourth-order valence-electron chi connectivity index (χ4n) is 3.96. The number of amides is 1. The van der Waals surface area contributed by atoms with E-state index in [-0.39, 0.29) is 5.91 Å². The van der Waals surface area contributed by atoms with Crippen molar-refractivity contribution in [3.8, 4) is 0 Å². The smallest absolute Gasteiger partial charge is 0.241 e. The number of benzene rings is 1. The second kappa shape index (κ2) is 7.92. The minimum atomic E-state index is 0.262. The molecule has 1 aliphatic carbocycles. The summed E-state index contributed by atoms with van der Waals surface area (Å²) >= 11 is 1.90. The largest absolute Gasteiger partial charge is 0.310 e. The monoisotopic (exact) mass is 346 g/mol. The average Bonchev–Trinajstić information content (AvgIpc) is 3.02. The van der Waals surface area contributed by atoms with Gasteiger partial charge in [0.1, 0.15) is 0 Å². The predicted molar refractivity (Wildman–Crippen MR) is 103 cm³/mol. The summed E-state index contributed by atoms with van der Waals surface area (Å²) in [5.41, 5.74) is 1.10. The second-order valence-electron chi connectivity index (χ2n) is 7.43. The number of anilines is 1. The molecular weight excluding hydrogens is 316 g/mol. The predicted octanol–water partition coefficient (Wildman–Crippen LogP) is 4.56. The van der Waals surface area contributed by atoms with Crippen LogP contribution in [0.3, 0.4) is 0 Å². The molecule has 1 saturated carbocycles. The molecule has 4 heteroatoms. The summed E-state index contributed by atoms with van der Waals surface area (Å²) < 4.78 is 0. The summed E-state index contributed by atoms with van der Waals surface area (Å²) in [5.74, 6) is 0.262. The summed E-state index contributed by atoms with van der Waals surface area (Å²) in [4.78, 5) is 18.9. The third-order valence-corrected chi connectivity index (χ3v) is 6.56. The van der Waals surface area contributed by atoms with Gasteiger partial charge in [0.25, 0.3) is 0 Å². The first-order valence-corrected chi connectivity index (χ1v) is 10.3. The number of nitrogens with zero attached hydrogens (tertiary/aromatic N) is 2. The Morgan fingerprint density at radius 3 is 2.67 bits per heavy atom. The van der Waals surface area contributed by atoms with Crippen LogP contribution in [0.5, 0.6) is 0 Å². The molecule has 1 aliphatic heterocycles. The van der Waals surface area contributed by atoms with E-state index in [0.717, 1.165) is 18.7 Å². The molecule has 1 fully saturated rings. The quantitative estimate of drug-likeness (QED) is 0.798. The van der Waals surface area contributed by atoms with E-state index in [9.17, 15) is 4.79 Å². The zero-order chi connectivity index (χ0) is 17.1. The van der Waals surface area contributed by atoms with Crippen LogP contribution in [0.25, 0.3) is 0 Å². The zero-order valence-corrected chi connectivity index (χ0v) is 16.0. The van der Waals surface area contributed by atoms with Crippen molar-refractivity contribution in [3.05, 3.63) is 24.3 Å². The normalized spacial score (nSPS) is 22.0. The average molecular weight is 347 g/mol. The van der Waals surface area contributed by atoms with Gasteiger partial charge in [0.15, 0.2) is 0 Å². The Balaban J connectivity index is 1.78. The van der Waals surface area contributed by atoms with Gasteiger partial charge in [-0.15, -0.1) is 11.8 Å². The third-order valence-electron chi connectivity index (χ3n) is 5.32. The van der Waals surface area contributed by atoms with E-state index < -0.39 is 0 Å². The fourth-order valence-corrected chi connectivity index (χ4v) is 5.07. The molecule has 1 atom stereocenters. The van der Waals surface area contributed by atoms with Crippen LogP contribution in [0, 0.1) is 0 Å². The highest BCUT2D eigenvalue weighted by atomic mass is 32.2. The first kappa shape index (κ1) is 17.8. The van der Waals surface area contributed by atoms with Gasteiger partial charge in [-0.25, -0.2) is 0 Å². The summed E-state index contributed by atoms with van der Waals surface area (Å²) in [5, 5.41) is 0.556. The molecule has 1 heterocycles. The lowest BCUT2D eigenvalue weighted by Crippen LogP contribution is -2.47. The Morgan fingerprint density at radius 1 is 1.25 bits per heavy atom. The van der Waals surface area contributed by atoms with E-state index in [4.69, 9.17) is 0 Å². The summed E-state index contributed by atoms with van der Waals surface area (Å²) in [6.07, 6.45) is 6.16. The van der Waals surface area contributed by atoms with Gasteiger partial charge in [0.05, 0.1) is 12.2 Å². The van der Waals surface area contributed by atoms with Crippen LogP contribution in [-0.2, 0) is 4.79 Å². The van der Waals surface area contributed by atoms with Crippen molar-refractivity contribution in [2.45, 2.75) is 75.1 Å². The van der Waals surface area contributed by atoms with Gasteiger partial charge in [-0.3, -0.25) is 9.69 Å². The number of hydrogen-bond acceptors (Lipinski definition) is 3. The minimum Gasteiger partial charge on any atom is -0.310 e. The Kier molecular flexibility index (Phi) is 5.88. The van der Waals surface area contributed by atoms with Crippen molar-refractivity contribution in [1.82, 2.24) is 4.90 Å². The molecule has 1 unspecified atom stereocenters. The molecule has 2 aliphatic rings. The van der Waals surface area contributed by atoms with Crippen LogP contribution in [0.1, 0.15) is 52.9 Å². The van der Waals surface area contributed by atoms with E-state index in [0.29, 0.717) is 23.9 Å². The number of thioether (sulfide) groups is 1. The molecule has 24 heavy (non-hydrogen) atoms. The molecule has 0 aromatic heterocycles. The van der Waals surface area contributed by atoms with E-state index in [2.05, 4.69) is 43.9 Å². The van der Waals surface area contributed by atoms with Gasteiger partial charge >= 0.3 is 0 Å². The van der Waals surface area contributed by atoms with Gasteiger partial charge in [-0.05, 0) is 45.2 Å². The lowest BCUT2D eigenvalue weighted by molar-refractivity contribution is -0.120. The summed E-state index contributed by atoms with van der Waals surface area (Å²) in [7, 11) is 0. The standard InChI is InChI=1S/C20H30N2OS/c1-15(2)22(17-8-4-5-9-17)14-20(23)21-13-12-16(3)24-19-11-7-6-10-18(19)21/h6-7,10-11,15-17H,4-5,8-9,12-14H2,1-3H3. The highest BCUT2D eigenvalue weighted by molar-refractivity contribution is 8.00. The molecule has 0 saturated heterocycles. The van der Waals surface area contributed by atoms with Crippen molar-refractivity contribution in [3.63, 3.8) is 0 Å². The summed E-state index contributed by atoms with van der Waals surface area (Å²) in [6, 6.07) is 9.39. The lowest BCUT2D eigenvalue weighted by Gasteiger charge is -2.34. The van der Waals surface area contributed by atoms with Crippen LogP contribution in [0.2, 0.25) is 0 Å². The number of carbonyl (C=O) groups is 1. The van der Waals surface area contributed by atoms with E-state index >= 15 is 0 Å². The van der Waals surface area contributed by atoms with Gasteiger partial charge in [-0.1, -0.05) is 31.9 Å². The number of hydrogen-bond donors (Lipinski definition) is 0. The Labute approximate surface area is 150 Å². The topological polar surface area (TPSA) is 23.6 Å². The van der Waals surface area contributed by atoms with Crippen molar-refractivity contribution < 1.29 is 4.79 Å². The zero-order valence-electron chi connectivity index (χ0n) is 15.2. The Bertz CT molecular complexity index is 569. The molecule has 132 valence electrons. The van der Waals surface area contributed by atoms with E-state index in [1.807, 2.05) is 22.7 Å². The number of rotatable bonds is 4. The molecule has 0 bridgehead atoms. The summed E-state index contributed by atoms with van der Waals surface area (Å²) in [6.45, 7) is 8.09.